The van der Waals surface area contributed by atoms with E-state index in [0.29, 0.717) is 34.3 Å². The van der Waals surface area contributed by atoms with Crippen LogP contribution in [0.1, 0.15) is 47.3 Å². The first-order valence-electron chi connectivity index (χ1n) is 9.87. The Balaban J connectivity index is 1.54. The first kappa shape index (κ1) is 19.8. The molecular weight excluding hydrogens is 402 g/mol. The summed E-state index contributed by atoms with van der Waals surface area (Å²) < 4.78 is 2.03. The minimum atomic E-state index is -0.173. The molecule has 0 aliphatic heterocycles. The van der Waals surface area contributed by atoms with Crippen molar-refractivity contribution in [2.75, 3.05) is 0 Å². The van der Waals surface area contributed by atoms with Gasteiger partial charge in [-0.25, -0.2) is 0 Å². The first-order chi connectivity index (χ1) is 14.1. The second-order valence-electron chi connectivity index (χ2n) is 7.27. The lowest BCUT2D eigenvalue weighted by Gasteiger charge is -2.14. The van der Waals surface area contributed by atoms with Gasteiger partial charge in [0, 0.05) is 17.0 Å². The number of nitrogens with zero attached hydrogens (tertiary/aromatic N) is 1. The van der Waals surface area contributed by atoms with Crippen molar-refractivity contribution in [3.05, 3.63) is 72.9 Å². The quantitative estimate of drug-likeness (QED) is 0.434. The highest BCUT2D eigenvalue weighted by molar-refractivity contribution is 7.71. The van der Waals surface area contributed by atoms with Gasteiger partial charge in [-0.2, -0.15) is 0 Å². The monoisotopic (exact) mass is 425 g/mol. The van der Waals surface area contributed by atoms with Crippen LogP contribution in [0.3, 0.4) is 0 Å². The third-order valence-electron chi connectivity index (χ3n) is 5.29. The van der Waals surface area contributed by atoms with E-state index in [1.54, 1.807) is 34.1 Å². The number of benzene rings is 1. The van der Waals surface area contributed by atoms with E-state index in [-0.39, 0.29) is 11.5 Å². The molecular formula is C22H23N3O2S2. The maximum absolute atomic E-state index is 12.9. The van der Waals surface area contributed by atoms with Gasteiger partial charge in [0.25, 0.3) is 11.5 Å². The number of aromatic amines is 1. The first-order valence-corrected chi connectivity index (χ1v) is 11.2. The average Bonchev–Trinajstić information content (AvgIpc) is 3.26. The fourth-order valence-corrected chi connectivity index (χ4v) is 4.60. The van der Waals surface area contributed by atoms with Crippen molar-refractivity contribution in [2.24, 2.45) is 0 Å². The van der Waals surface area contributed by atoms with Crippen LogP contribution in [0, 0.1) is 4.77 Å². The van der Waals surface area contributed by atoms with Gasteiger partial charge in [0.05, 0.1) is 17.4 Å². The van der Waals surface area contributed by atoms with Gasteiger partial charge in [-0.05, 0) is 74.0 Å². The summed E-state index contributed by atoms with van der Waals surface area (Å²) in [5.74, 6) is -0.173. The van der Waals surface area contributed by atoms with Crippen molar-refractivity contribution in [1.82, 2.24) is 14.9 Å². The summed E-state index contributed by atoms with van der Waals surface area (Å²) in [6.45, 7) is 1.07. The molecule has 2 heterocycles. The van der Waals surface area contributed by atoms with E-state index < -0.39 is 0 Å². The van der Waals surface area contributed by atoms with Crippen LogP contribution in [-0.4, -0.2) is 15.5 Å². The van der Waals surface area contributed by atoms with Crippen LogP contribution in [-0.2, 0) is 13.1 Å². The second-order valence-corrected chi connectivity index (χ2v) is 8.69. The number of thiophene rings is 1. The molecule has 7 heteroatoms. The lowest BCUT2D eigenvalue weighted by molar-refractivity contribution is 0.0951. The molecule has 0 saturated carbocycles. The van der Waals surface area contributed by atoms with Crippen LogP contribution in [0.5, 0.6) is 0 Å². The Hall–Kier alpha value is -2.51. The van der Waals surface area contributed by atoms with Crippen LogP contribution >= 0.6 is 23.6 Å². The van der Waals surface area contributed by atoms with Crippen molar-refractivity contribution < 1.29 is 4.79 Å². The number of aromatic nitrogens is 2. The number of rotatable bonds is 6. The van der Waals surface area contributed by atoms with Crippen LogP contribution in [0.2, 0.25) is 0 Å². The molecule has 2 aromatic heterocycles. The van der Waals surface area contributed by atoms with Gasteiger partial charge in [-0.15, -0.1) is 11.3 Å². The molecule has 0 radical (unpaired) electrons. The molecule has 1 aliphatic carbocycles. The van der Waals surface area contributed by atoms with E-state index in [1.165, 1.54) is 18.4 Å². The van der Waals surface area contributed by atoms with Gasteiger partial charge < -0.3 is 10.3 Å². The summed E-state index contributed by atoms with van der Waals surface area (Å²) in [5, 5.41) is 5.43. The van der Waals surface area contributed by atoms with Gasteiger partial charge in [0.15, 0.2) is 4.77 Å². The van der Waals surface area contributed by atoms with E-state index in [4.69, 9.17) is 12.2 Å². The maximum Gasteiger partial charge on any atom is 0.262 e. The van der Waals surface area contributed by atoms with Crippen LogP contribution in [0.25, 0.3) is 10.9 Å². The molecule has 1 aromatic carbocycles. The van der Waals surface area contributed by atoms with Gasteiger partial charge in [-0.3, -0.25) is 14.2 Å². The summed E-state index contributed by atoms with van der Waals surface area (Å²) >= 11 is 7.04. The summed E-state index contributed by atoms with van der Waals surface area (Å²) in [6, 6.07) is 9.04. The molecule has 0 spiro atoms. The summed E-state index contributed by atoms with van der Waals surface area (Å²) in [5.41, 5.74) is 2.40. The zero-order chi connectivity index (χ0) is 20.2. The van der Waals surface area contributed by atoms with E-state index in [0.717, 1.165) is 24.1 Å². The third kappa shape index (κ3) is 4.57. The molecule has 1 aliphatic rings. The van der Waals surface area contributed by atoms with Crippen molar-refractivity contribution >= 4 is 40.4 Å². The maximum atomic E-state index is 12.9. The highest BCUT2D eigenvalue weighted by Crippen LogP contribution is 2.20. The smallest absolute Gasteiger partial charge is 0.262 e. The van der Waals surface area contributed by atoms with Gasteiger partial charge in [0.1, 0.15) is 0 Å². The van der Waals surface area contributed by atoms with E-state index in [2.05, 4.69) is 16.4 Å². The van der Waals surface area contributed by atoms with Crippen molar-refractivity contribution in [1.29, 1.82) is 0 Å². The summed E-state index contributed by atoms with van der Waals surface area (Å²) in [7, 11) is 0. The fraction of sp³-hybridized carbons (Fsp3) is 0.318. The largest absolute Gasteiger partial charge is 0.347 e. The molecule has 0 fully saturated rings. The SMILES string of the molecule is O=C(NCc1cccs1)c1ccc2c(=O)n(CCC3=CCCCC3)c(=S)[nH]c2c1. The Morgan fingerprint density at radius 2 is 2.17 bits per heavy atom. The Morgan fingerprint density at radius 3 is 2.93 bits per heavy atom. The highest BCUT2D eigenvalue weighted by atomic mass is 32.1. The molecule has 0 atom stereocenters. The highest BCUT2D eigenvalue weighted by Gasteiger charge is 2.11. The Kier molecular flexibility index (Phi) is 6.06. The minimum Gasteiger partial charge on any atom is -0.347 e. The number of fused-ring (bicyclic) bond motifs is 1. The van der Waals surface area contributed by atoms with E-state index >= 15 is 0 Å². The fourth-order valence-electron chi connectivity index (χ4n) is 3.67. The van der Waals surface area contributed by atoms with Gasteiger partial charge in [-0.1, -0.05) is 17.7 Å². The van der Waals surface area contributed by atoms with Gasteiger partial charge in [0.2, 0.25) is 0 Å². The average molecular weight is 426 g/mol. The van der Waals surface area contributed by atoms with Crippen molar-refractivity contribution in [3.63, 3.8) is 0 Å². The Labute approximate surface area is 178 Å². The van der Waals surface area contributed by atoms with E-state index in [9.17, 15) is 9.59 Å². The van der Waals surface area contributed by atoms with Crippen LogP contribution < -0.4 is 10.9 Å². The minimum absolute atomic E-state index is 0.106. The second kappa shape index (κ2) is 8.88. The van der Waals surface area contributed by atoms with Crippen molar-refractivity contribution in [2.45, 2.75) is 45.2 Å². The zero-order valence-corrected chi connectivity index (χ0v) is 17.7. The molecule has 4 rings (SSSR count). The number of allylic oxidation sites excluding steroid dienone is 2. The zero-order valence-electron chi connectivity index (χ0n) is 16.1. The number of carbonyl (C=O) groups excluding carboxylic acids is 1. The molecule has 3 aromatic rings. The van der Waals surface area contributed by atoms with Gasteiger partial charge >= 0.3 is 0 Å². The lowest BCUT2D eigenvalue weighted by Crippen LogP contribution is -2.24. The molecule has 1 amide bonds. The normalized spacial score (nSPS) is 14.0. The third-order valence-corrected chi connectivity index (χ3v) is 6.49. The molecule has 0 unspecified atom stereocenters. The molecule has 0 bridgehead atoms. The number of amides is 1. The molecule has 2 N–H and O–H groups in total. The number of nitrogens with one attached hydrogen (secondary N) is 2. The van der Waals surface area contributed by atoms with Crippen molar-refractivity contribution in [3.8, 4) is 0 Å². The summed E-state index contributed by atoms with van der Waals surface area (Å²) in [6.07, 6.45) is 7.87. The Bertz CT molecular complexity index is 1170. The molecule has 150 valence electrons. The van der Waals surface area contributed by atoms with Crippen LogP contribution in [0.4, 0.5) is 0 Å². The van der Waals surface area contributed by atoms with E-state index in [1.807, 2.05) is 17.5 Å². The number of hydrogen-bond acceptors (Lipinski definition) is 4. The predicted octanol–water partition coefficient (Wildman–Crippen LogP) is 4.94. The molecule has 29 heavy (non-hydrogen) atoms. The molecule has 0 saturated heterocycles. The number of hydrogen-bond donors (Lipinski definition) is 2. The number of H-pyrrole nitrogens is 1. The lowest BCUT2D eigenvalue weighted by atomic mass is 9.97. The number of carbonyl (C=O) groups is 1. The standard InChI is InChI=1S/C22H23N3O2S2/c26-20(23-14-17-7-4-12-29-17)16-8-9-18-19(13-16)24-22(28)25(21(18)27)11-10-15-5-2-1-3-6-15/h4-5,7-9,12-13H,1-3,6,10-11,14H2,(H,23,26)(H,24,28). The Morgan fingerprint density at radius 1 is 1.28 bits per heavy atom. The molecule has 5 nitrogen and oxygen atoms in total. The predicted molar refractivity (Wildman–Crippen MR) is 120 cm³/mol. The van der Waals surface area contributed by atoms with Crippen LogP contribution in [0.15, 0.2) is 52.2 Å². The topological polar surface area (TPSA) is 66.9 Å². The summed E-state index contributed by atoms with van der Waals surface area (Å²) in [4.78, 5) is 29.6.